The van der Waals surface area contributed by atoms with Gasteiger partial charge in [-0.2, -0.15) is 13.2 Å². The first-order valence-electron chi connectivity index (χ1n) is 9.08. The van der Waals surface area contributed by atoms with Crippen molar-refractivity contribution in [2.45, 2.75) is 25.1 Å². The van der Waals surface area contributed by atoms with E-state index in [2.05, 4.69) is 5.32 Å². The van der Waals surface area contributed by atoms with Crippen LogP contribution in [0.15, 0.2) is 24.3 Å². The lowest BCUT2D eigenvalue weighted by molar-refractivity contribution is -0.137. The van der Waals surface area contributed by atoms with Crippen molar-refractivity contribution in [3.8, 4) is 0 Å². The molecule has 1 aliphatic heterocycles. The van der Waals surface area contributed by atoms with Crippen LogP contribution in [0.4, 0.5) is 13.2 Å². The highest BCUT2D eigenvalue weighted by molar-refractivity contribution is 6.32. The molecule has 1 N–H and O–H groups in total. The van der Waals surface area contributed by atoms with Crippen LogP contribution < -0.4 is 5.32 Å². The van der Waals surface area contributed by atoms with Gasteiger partial charge in [-0.15, -0.1) is 0 Å². The Morgan fingerprint density at radius 3 is 2.46 bits per heavy atom. The molecule has 0 aromatic heterocycles. The third-order valence-corrected chi connectivity index (χ3v) is 5.07. The Morgan fingerprint density at radius 1 is 1.18 bits per heavy atom. The van der Waals surface area contributed by atoms with Crippen LogP contribution in [0.3, 0.4) is 0 Å². The van der Waals surface area contributed by atoms with Crippen molar-refractivity contribution in [2.24, 2.45) is 0 Å². The summed E-state index contributed by atoms with van der Waals surface area (Å²) in [7, 11) is 0. The van der Waals surface area contributed by atoms with Crippen molar-refractivity contribution in [1.29, 1.82) is 0 Å². The van der Waals surface area contributed by atoms with Crippen molar-refractivity contribution < 1.29 is 22.8 Å². The molecule has 2 amide bonds. The summed E-state index contributed by atoms with van der Waals surface area (Å²) in [5, 5.41) is 3.07. The largest absolute Gasteiger partial charge is 0.416 e. The Balaban J connectivity index is 1.52. The van der Waals surface area contributed by atoms with Crippen LogP contribution in [-0.2, 0) is 15.8 Å². The standard InChI is InChI=1S/C19H21ClF3N3O2/c20-16-5-2-14(19(21,22)23)11-13(16)1-6-18(28)26-9-7-25(8-10-26)12-17(27)24-15-3-4-15/h1-2,5-6,11,15H,3-4,7-10,12H2,(H,24,27)/b6-1+. The number of carbonyl (C=O) groups excluding carboxylic acids is 2. The second-order valence-corrected chi connectivity index (χ2v) is 7.42. The topological polar surface area (TPSA) is 52.7 Å². The van der Waals surface area contributed by atoms with E-state index >= 15 is 0 Å². The van der Waals surface area contributed by atoms with Crippen LogP contribution in [-0.4, -0.2) is 60.4 Å². The maximum Gasteiger partial charge on any atom is 0.416 e. The highest BCUT2D eigenvalue weighted by Gasteiger charge is 2.31. The number of amides is 2. The van der Waals surface area contributed by atoms with Gasteiger partial charge in [0.15, 0.2) is 0 Å². The molecule has 152 valence electrons. The SMILES string of the molecule is O=C(CN1CCN(C(=O)/C=C/c2cc(C(F)(F)F)ccc2Cl)CC1)NC1CC1. The Labute approximate surface area is 166 Å². The molecule has 0 spiro atoms. The van der Waals surface area contributed by atoms with Crippen LogP contribution >= 0.6 is 11.6 Å². The average molecular weight is 416 g/mol. The molecule has 0 radical (unpaired) electrons. The maximum atomic E-state index is 12.8. The number of nitrogens with zero attached hydrogens (tertiary/aromatic N) is 2. The van der Waals surface area contributed by atoms with Gasteiger partial charge < -0.3 is 10.2 Å². The number of hydrogen-bond donors (Lipinski definition) is 1. The van der Waals surface area contributed by atoms with Gasteiger partial charge in [0, 0.05) is 43.3 Å². The summed E-state index contributed by atoms with van der Waals surface area (Å²) < 4.78 is 38.4. The Hall–Kier alpha value is -2.06. The van der Waals surface area contributed by atoms with Gasteiger partial charge in [0.2, 0.25) is 11.8 Å². The fourth-order valence-electron chi connectivity index (χ4n) is 2.94. The van der Waals surface area contributed by atoms with E-state index in [0.29, 0.717) is 38.8 Å². The minimum Gasteiger partial charge on any atom is -0.352 e. The third kappa shape index (κ3) is 5.72. The van der Waals surface area contributed by atoms with E-state index in [1.165, 1.54) is 18.2 Å². The molecular formula is C19H21ClF3N3O2. The molecule has 0 unspecified atom stereocenters. The number of alkyl halides is 3. The minimum absolute atomic E-state index is 0.00126. The van der Waals surface area contributed by atoms with Gasteiger partial charge in [0.1, 0.15) is 0 Å². The normalized spacial score (nSPS) is 18.5. The molecule has 0 bridgehead atoms. The first-order valence-corrected chi connectivity index (χ1v) is 9.45. The van der Waals surface area contributed by atoms with Gasteiger partial charge >= 0.3 is 6.18 Å². The lowest BCUT2D eigenvalue weighted by Crippen LogP contribution is -2.51. The van der Waals surface area contributed by atoms with E-state index in [-0.39, 0.29) is 22.4 Å². The molecule has 0 atom stereocenters. The van der Waals surface area contributed by atoms with Crippen molar-refractivity contribution in [3.05, 3.63) is 40.4 Å². The third-order valence-electron chi connectivity index (χ3n) is 4.72. The molecule has 1 saturated heterocycles. The first-order chi connectivity index (χ1) is 13.2. The Bertz CT molecular complexity index is 770. The van der Waals surface area contributed by atoms with E-state index in [1.807, 2.05) is 4.90 Å². The van der Waals surface area contributed by atoms with Gasteiger partial charge in [0.25, 0.3) is 0 Å². The van der Waals surface area contributed by atoms with Crippen molar-refractivity contribution in [2.75, 3.05) is 32.7 Å². The zero-order chi connectivity index (χ0) is 20.3. The maximum absolute atomic E-state index is 12.8. The number of halogens is 4. The van der Waals surface area contributed by atoms with Gasteiger partial charge in [-0.1, -0.05) is 11.6 Å². The molecule has 1 aromatic carbocycles. The van der Waals surface area contributed by atoms with Gasteiger partial charge in [0.05, 0.1) is 12.1 Å². The summed E-state index contributed by atoms with van der Waals surface area (Å²) in [6, 6.07) is 3.31. The highest BCUT2D eigenvalue weighted by Crippen LogP contribution is 2.32. The van der Waals surface area contributed by atoms with E-state index in [1.54, 1.807) is 4.90 Å². The van der Waals surface area contributed by atoms with Crippen LogP contribution in [0.1, 0.15) is 24.0 Å². The van der Waals surface area contributed by atoms with Crippen LogP contribution in [0, 0.1) is 0 Å². The van der Waals surface area contributed by atoms with Gasteiger partial charge in [-0.05, 0) is 42.7 Å². The van der Waals surface area contributed by atoms with Gasteiger partial charge in [-0.3, -0.25) is 14.5 Å². The van der Waals surface area contributed by atoms with Crippen LogP contribution in [0.5, 0.6) is 0 Å². The lowest BCUT2D eigenvalue weighted by atomic mass is 10.1. The van der Waals surface area contributed by atoms with Crippen molar-refractivity contribution >= 4 is 29.5 Å². The van der Waals surface area contributed by atoms with E-state index in [9.17, 15) is 22.8 Å². The van der Waals surface area contributed by atoms with Crippen molar-refractivity contribution in [1.82, 2.24) is 15.1 Å². The van der Waals surface area contributed by atoms with E-state index in [0.717, 1.165) is 25.0 Å². The lowest BCUT2D eigenvalue weighted by Gasteiger charge is -2.33. The Morgan fingerprint density at radius 2 is 1.86 bits per heavy atom. The molecule has 1 aliphatic carbocycles. The summed E-state index contributed by atoms with van der Waals surface area (Å²) in [6.07, 6.45) is 0.137. The molecule has 28 heavy (non-hydrogen) atoms. The van der Waals surface area contributed by atoms with Crippen molar-refractivity contribution in [3.63, 3.8) is 0 Å². The minimum atomic E-state index is -4.47. The van der Waals surface area contributed by atoms with Gasteiger partial charge in [-0.25, -0.2) is 0 Å². The number of carbonyl (C=O) groups is 2. The van der Waals surface area contributed by atoms with Crippen LogP contribution in [0.2, 0.25) is 5.02 Å². The molecule has 5 nitrogen and oxygen atoms in total. The van der Waals surface area contributed by atoms with E-state index in [4.69, 9.17) is 11.6 Å². The van der Waals surface area contributed by atoms with E-state index < -0.39 is 11.7 Å². The molecule has 2 aliphatic rings. The molecule has 9 heteroatoms. The predicted molar refractivity (Wildman–Crippen MR) is 99.7 cm³/mol. The van der Waals surface area contributed by atoms with Crippen LogP contribution in [0.25, 0.3) is 6.08 Å². The summed E-state index contributed by atoms with van der Waals surface area (Å²) in [4.78, 5) is 27.7. The zero-order valence-electron chi connectivity index (χ0n) is 15.1. The monoisotopic (exact) mass is 415 g/mol. The summed E-state index contributed by atoms with van der Waals surface area (Å²) >= 11 is 5.94. The fourth-order valence-corrected chi connectivity index (χ4v) is 3.13. The fraction of sp³-hybridized carbons (Fsp3) is 0.474. The average Bonchev–Trinajstić information content (AvgIpc) is 3.44. The second-order valence-electron chi connectivity index (χ2n) is 7.01. The molecule has 2 fully saturated rings. The number of nitrogens with one attached hydrogen (secondary N) is 1. The second kappa shape index (κ2) is 8.53. The molecular weight excluding hydrogens is 395 g/mol. The zero-order valence-corrected chi connectivity index (χ0v) is 15.9. The molecule has 3 rings (SSSR count). The predicted octanol–water partition coefficient (Wildman–Crippen LogP) is 2.79. The quantitative estimate of drug-likeness (QED) is 0.752. The highest BCUT2D eigenvalue weighted by atomic mass is 35.5. The smallest absolute Gasteiger partial charge is 0.352 e. The number of piperazine rings is 1. The summed E-state index contributed by atoms with van der Waals surface area (Å²) in [5.41, 5.74) is -0.678. The Kier molecular flexibility index (Phi) is 6.30. The molecule has 1 heterocycles. The summed E-state index contributed by atoms with van der Waals surface area (Å²) in [5.74, 6) is -0.295. The number of hydrogen-bond acceptors (Lipinski definition) is 3. The number of benzene rings is 1. The number of rotatable bonds is 5. The first kappa shape index (κ1) is 20.7. The molecule has 1 saturated carbocycles. The molecule has 1 aromatic rings. The summed E-state index contributed by atoms with van der Waals surface area (Å²) in [6.45, 7) is 2.37.